The molecule has 0 bridgehead atoms. The predicted octanol–water partition coefficient (Wildman–Crippen LogP) is 29.0. The molecule has 0 amide bonds. The van der Waals surface area contributed by atoms with Crippen molar-refractivity contribution in [2.75, 3.05) is 13.7 Å². The molecule has 1 saturated heterocycles. The van der Waals surface area contributed by atoms with Crippen LogP contribution in [-0.2, 0) is 23.8 Å². The number of aliphatic hydroxyl groups is 3. The highest BCUT2D eigenvalue weighted by atomic mass is 16.7. The van der Waals surface area contributed by atoms with Crippen molar-refractivity contribution < 1.29 is 39.1 Å². The lowest BCUT2D eigenvalue weighted by Gasteiger charge is -2.23. The molecule has 600 valence electrons. The average Bonchev–Trinajstić information content (AvgIpc) is 1.69. The van der Waals surface area contributed by atoms with E-state index in [-0.39, 0.29) is 12.5 Å². The second-order valence-electron chi connectivity index (χ2n) is 34.1. The van der Waals surface area contributed by atoms with Crippen molar-refractivity contribution in [3.63, 3.8) is 0 Å². The molecule has 101 heavy (non-hydrogen) atoms. The molecule has 8 nitrogen and oxygen atoms in total. The van der Waals surface area contributed by atoms with Crippen LogP contribution in [0.2, 0.25) is 0 Å². The number of Topliss-reactive ketones (excluding diaryl/α,β-unsaturated/α-hetero) is 1. The van der Waals surface area contributed by atoms with Gasteiger partial charge < -0.3 is 29.5 Å². The van der Waals surface area contributed by atoms with Gasteiger partial charge in [0.25, 0.3) is 0 Å². The van der Waals surface area contributed by atoms with Gasteiger partial charge in [-0.05, 0) is 49.9 Å². The van der Waals surface area contributed by atoms with E-state index in [4.69, 9.17) is 14.2 Å². The number of hydrogen-bond donors (Lipinski definition) is 3. The molecule has 1 heterocycles. The van der Waals surface area contributed by atoms with Gasteiger partial charge in [-0.1, -0.05) is 471 Å². The summed E-state index contributed by atoms with van der Waals surface area (Å²) in [5.41, 5.74) is 0. The first kappa shape index (κ1) is 96.0. The van der Waals surface area contributed by atoms with Crippen LogP contribution in [-0.4, -0.2) is 71.5 Å². The number of rotatable bonds is 83. The van der Waals surface area contributed by atoms with Gasteiger partial charge >= 0.3 is 5.97 Å². The maximum Gasteiger partial charge on any atom is 0.311 e. The van der Waals surface area contributed by atoms with Crippen LogP contribution in [0, 0.1) is 29.6 Å². The number of carbonyl (C=O) groups is 2. The van der Waals surface area contributed by atoms with Crippen LogP contribution in [0.5, 0.6) is 0 Å². The number of aliphatic hydroxyl groups excluding tert-OH is 3. The maximum absolute atomic E-state index is 13.5. The molecular weight excluding hydrogens is 1250 g/mol. The predicted molar refractivity (Wildman–Crippen MR) is 436 cm³/mol. The molecule has 0 spiro atoms. The highest BCUT2D eigenvalue weighted by Crippen LogP contribution is 2.49. The molecule has 8 heteroatoms. The minimum atomic E-state index is -1.20. The molecule has 1 unspecified atom stereocenters. The maximum atomic E-state index is 13.5. The van der Waals surface area contributed by atoms with Gasteiger partial charge in [-0.3, -0.25) is 9.59 Å². The largest absolute Gasteiger partial charge is 0.463 e. The Morgan fingerprint density at radius 1 is 0.366 bits per heavy atom. The van der Waals surface area contributed by atoms with Crippen molar-refractivity contribution in [1.82, 2.24) is 0 Å². The highest BCUT2D eigenvalue weighted by molar-refractivity contribution is 5.80. The Bertz CT molecular complexity index is 1710. The minimum absolute atomic E-state index is 0.170. The molecule has 0 radical (unpaired) electrons. The van der Waals surface area contributed by atoms with E-state index in [0.29, 0.717) is 18.6 Å². The Balaban J connectivity index is 1.33. The number of ether oxygens (including phenoxy) is 3. The Morgan fingerprint density at radius 3 is 0.980 bits per heavy atom. The van der Waals surface area contributed by atoms with Crippen LogP contribution in [0.3, 0.4) is 0 Å². The summed E-state index contributed by atoms with van der Waals surface area (Å²) in [6, 6.07) is 0. The first-order valence-corrected chi connectivity index (χ1v) is 46.6. The van der Waals surface area contributed by atoms with E-state index < -0.39 is 42.6 Å². The zero-order valence-corrected chi connectivity index (χ0v) is 68.9. The minimum Gasteiger partial charge on any atom is -0.463 e. The van der Waals surface area contributed by atoms with Gasteiger partial charge in [0.2, 0.25) is 0 Å². The van der Waals surface area contributed by atoms with Crippen LogP contribution < -0.4 is 0 Å². The normalized spacial score (nSPS) is 18.8. The molecule has 0 aromatic rings. The molecule has 0 aromatic carbocycles. The first-order chi connectivity index (χ1) is 49.6. The van der Waals surface area contributed by atoms with Crippen molar-refractivity contribution in [1.29, 1.82) is 0 Å². The second-order valence-corrected chi connectivity index (χ2v) is 34.1. The summed E-state index contributed by atoms with van der Waals surface area (Å²) in [4.78, 5) is 26.2. The van der Waals surface area contributed by atoms with Gasteiger partial charge in [-0.15, -0.1) is 0 Å². The lowest BCUT2D eigenvalue weighted by molar-refractivity contribution is -0.170. The lowest BCUT2D eigenvalue weighted by Crippen LogP contribution is -2.37. The molecule has 1 saturated carbocycles. The van der Waals surface area contributed by atoms with E-state index in [1.165, 1.54) is 424 Å². The van der Waals surface area contributed by atoms with Gasteiger partial charge in [-0.25, -0.2) is 0 Å². The summed E-state index contributed by atoms with van der Waals surface area (Å²) in [6.45, 7) is 9.18. The van der Waals surface area contributed by atoms with E-state index in [1.54, 1.807) is 0 Å². The number of ketones is 1. The summed E-state index contributed by atoms with van der Waals surface area (Å²) in [5, 5.41) is 32.0. The molecule has 1 aliphatic heterocycles. The SMILES string of the molecule is CCCCCCCCCCCCCCCCCCCCCCCC[C@@H](C(=O)OC[C@H]1O[C@H](OC)[C@@H](O)[C@@H]1O)[C@@H](O)CCCCCCCCCCCCCCCC[C@@H]1C[C@@H]1[C@H](C)CCCCCCCCCCCCCCCCCCC(=O)C(C)CCCCCCCCCCCCCCCCCC. The zero-order chi connectivity index (χ0) is 72.8. The van der Waals surface area contributed by atoms with Crippen molar-refractivity contribution in [3.8, 4) is 0 Å². The fourth-order valence-electron chi connectivity index (χ4n) is 17.0. The molecule has 0 aromatic heterocycles. The van der Waals surface area contributed by atoms with E-state index in [1.807, 2.05) is 0 Å². The van der Waals surface area contributed by atoms with Crippen LogP contribution in [0.1, 0.15) is 509 Å². The fourth-order valence-corrected chi connectivity index (χ4v) is 17.0. The summed E-state index contributed by atoms with van der Waals surface area (Å²) >= 11 is 0. The Morgan fingerprint density at radius 2 is 0.653 bits per heavy atom. The summed E-state index contributed by atoms with van der Waals surface area (Å²) in [6.07, 6.45) is 95.2. The number of methoxy groups -OCH3 is 1. The average molecular weight is 1430 g/mol. The third-order valence-electron chi connectivity index (χ3n) is 24.5. The molecule has 2 aliphatic rings. The van der Waals surface area contributed by atoms with Gasteiger partial charge in [0.1, 0.15) is 30.7 Å². The van der Waals surface area contributed by atoms with E-state index in [0.717, 1.165) is 69.1 Å². The van der Waals surface area contributed by atoms with Gasteiger partial charge in [-0.2, -0.15) is 0 Å². The zero-order valence-electron chi connectivity index (χ0n) is 68.9. The first-order valence-electron chi connectivity index (χ1n) is 46.6. The van der Waals surface area contributed by atoms with Crippen molar-refractivity contribution in [3.05, 3.63) is 0 Å². The number of carbonyl (C=O) groups excluding carboxylic acids is 2. The van der Waals surface area contributed by atoms with E-state index >= 15 is 0 Å². The molecule has 2 rings (SSSR count). The Kier molecular flexibility index (Phi) is 69.5. The fraction of sp³-hybridized carbons (Fsp3) is 0.978. The molecule has 10 atom stereocenters. The molecular formula is C93H180O8. The number of unbranched alkanes of at least 4 members (excludes halogenated alkanes) is 64. The molecule has 3 N–H and O–H groups in total. The highest BCUT2D eigenvalue weighted by Gasteiger charge is 2.44. The lowest BCUT2D eigenvalue weighted by atomic mass is 9.91. The molecule has 2 fully saturated rings. The van der Waals surface area contributed by atoms with E-state index in [9.17, 15) is 24.9 Å². The Hall–Kier alpha value is -1.06. The van der Waals surface area contributed by atoms with Gasteiger partial charge in [0.05, 0.1) is 12.0 Å². The van der Waals surface area contributed by atoms with Crippen LogP contribution in [0.15, 0.2) is 0 Å². The third-order valence-corrected chi connectivity index (χ3v) is 24.5. The van der Waals surface area contributed by atoms with Crippen molar-refractivity contribution in [2.24, 2.45) is 29.6 Å². The number of hydrogen-bond acceptors (Lipinski definition) is 8. The van der Waals surface area contributed by atoms with Crippen LogP contribution >= 0.6 is 0 Å². The van der Waals surface area contributed by atoms with Crippen molar-refractivity contribution >= 4 is 11.8 Å². The smallest absolute Gasteiger partial charge is 0.311 e. The van der Waals surface area contributed by atoms with Gasteiger partial charge in [0, 0.05) is 19.4 Å². The van der Waals surface area contributed by atoms with Crippen molar-refractivity contribution in [2.45, 2.75) is 540 Å². The van der Waals surface area contributed by atoms with Crippen LogP contribution in [0.4, 0.5) is 0 Å². The topological polar surface area (TPSA) is 123 Å². The third kappa shape index (κ3) is 58.6. The molecule has 1 aliphatic carbocycles. The summed E-state index contributed by atoms with van der Waals surface area (Å²) < 4.78 is 16.4. The monoisotopic (exact) mass is 1430 g/mol. The summed E-state index contributed by atoms with van der Waals surface area (Å²) in [7, 11) is 1.41. The quantitative estimate of drug-likeness (QED) is 0.0407. The number of esters is 1. The second kappa shape index (κ2) is 73.1. The standard InChI is InChI=1S/C93H180O8/c1-6-8-10-12-14-16-18-20-22-24-25-26-27-28-29-34-41-47-53-59-65-71-77-85(92(98)100-81-89-90(96)91(97)93(99-5)101-89)88(95)79-73-67-61-55-49-43-37-36-40-46-52-58-64-70-76-84-80-86(84)82(3)74-68-62-56-50-44-38-33-30-31-35-42-48-54-60-66-72-78-87(94)83(4)75-69-63-57-51-45-39-32-23-21-19-17-15-13-11-9-7-2/h82-86,88-91,93,95-97H,6-81H2,1-5H3/t82-,83?,84-,85-,86-,88+,89-,90-,91+,93+/m1/s1. The van der Waals surface area contributed by atoms with Crippen LogP contribution in [0.25, 0.3) is 0 Å². The Labute approximate surface area is 630 Å². The van der Waals surface area contributed by atoms with E-state index in [2.05, 4.69) is 27.7 Å². The summed E-state index contributed by atoms with van der Waals surface area (Å²) in [5.74, 6) is 2.80. The van der Waals surface area contributed by atoms with Gasteiger partial charge in [0.15, 0.2) is 6.29 Å².